The summed E-state index contributed by atoms with van der Waals surface area (Å²) in [6, 6.07) is 3.68. The fourth-order valence-electron chi connectivity index (χ4n) is 3.37. The van der Waals surface area contributed by atoms with Crippen LogP contribution < -0.4 is 0 Å². The summed E-state index contributed by atoms with van der Waals surface area (Å²) in [6.45, 7) is 4.27. The molecule has 1 aromatic carbocycles. The lowest BCUT2D eigenvalue weighted by atomic mass is 9.65. The Morgan fingerprint density at radius 3 is 2.24 bits per heavy atom. The fraction of sp³-hybridized carbons (Fsp3) is 0.588. The van der Waals surface area contributed by atoms with Crippen molar-refractivity contribution in [1.82, 2.24) is 0 Å². The number of rotatable bonds is 4. The largest absolute Gasteiger partial charge is 0.481 e. The van der Waals surface area contributed by atoms with Gasteiger partial charge in [0.25, 0.3) is 0 Å². The molecule has 1 aromatic rings. The third kappa shape index (κ3) is 3.25. The van der Waals surface area contributed by atoms with Gasteiger partial charge in [-0.3, -0.25) is 4.79 Å². The Hall–Kier alpha value is -1.45. The van der Waals surface area contributed by atoms with Gasteiger partial charge in [-0.2, -0.15) is 0 Å². The predicted octanol–water partition coefficient (Wildman–Crippen LogP) is 4.42. The molecule has 0 aliphatic heterocycles. The number of hydrogen-bond acceptors (Lipinski definition) is 1. The normalized spacial score (nSPS) is 26.0. The van der Waals surface area contributed by atoms with Crippen LogP contribution in [0.3, 0.4) is 0 Å². The van der Waals surface area contributed by atoms with Crippen molar-refractivity contribution in [3.8, 4) is 0 Å². The number of carboxylic acids is 1. The van der Waals surface area contributed by atoms with Gasteiger partial charge in [0.2, 0.25) is 0 Å². The molecule has 0 unspecified atom stereocenters. The molecule has 0 aromatic heterocycles. The van der Waals surface area contributed by atoms with Crippen molar-refractivity contribution in [1.29, 1.82) is 0 Å². The molecule has 4 heteroatoms. The molecule has 0 radical (unpaired) electrons. The molecule has 116 valence electrons. The van der Waals surface area contributed by atoms with Gasteiger partial charge in [0.15, 0.2) is 0 Å². The van der Waals surface area contributed by atoms with E-state index in [1.165, 1.54) is 18.2 Å². The average Bonchev–Trinajstić information content (AvgIpc) is 2.43. The van der Waals surface area contributed by atoms with Crippen LogP contribution in [0.4, 0.5) is 8.78 Å². The SMILES string of the molecule is CC(C)C1CCC(Cc2c(F)cccc2F)(C(=O)O)CC1. The van der Waals surface area contributed by atoms with E-state index in [1.807, 2.05) is 0 Å². The van der Waals surface area contributed by atoms with Crippen LogP contribution in [0.25, 0.3) is 0 Å². The van der Waals surface area contributed by atoms with Crippen LogP contribution in [0.15, 0.2) is 18.2 Å². The monoisotopic (exact) mass is 296 g/mol. The van der Waals surface area contributed by atoms with E-state index >= 15 is 0 Å². The molecule has 0 spiro atoms. The second-order valence-electron chi connectivity index (χ2n) is 6.54. The second-order valence-corrected chi connectivity index (χ2v) is 6.54. The van der Waals surface area contributed by atoms with Gasteiger partial charge in [-0.15, -0.1) is 0 Å². The van der Waals surface area contributed by atoms with Gasteiger partial charge >= 0.3 is 5.97 Å². The van der Waals surface area contributed by atoms with Gasteiger partial charge in [-0.25, -0.2) is 8.78 Å². The molecule has 0 amide bonds. The number of carbonyl (C=O) groups is 1. The topological polar surface area (TPSA) is 37.3 Å². The highest BCUT2D eigenvalue weighted by atomic mass is 19.1. The first-order valence-electron chi connectivity index (χ1n) is 7.52. The van der Waals surface area contributed by atoms with E-state index in [1.54, 1.807) is 0 Å². The predicted molar refractivity (Wildman–Crippen MR) is 76.9 cm³/mol. The fourth-order valence-corrected chi connectivity index (χ4v) is 3.37. The summed E-state index contributed by atoms with van der Waals surface area (Å²) < 4.78 is 27.6. The standard InChI is InChI=1S/C17H22F2O2/c1-11(2)12-6-8-17(9-7-12,16(20)21)10-13-14(18)4-3-5-15(13)19/h3-5,11-12H,6-10H2,1-2H3,(H,20,21). The van der Waals surface area contributed by atoms with Gasteiger partial charge in [-0.1, -0.05) is 19.9 Å². The highest BCUT2D eigenvalue weighted by Crippen LogP contribution is 2.44. The molecule has 0 heterocycles. The van der Waals surface area contributed by atoms with Crippen LogP contribution in [0, 0.1) is 28.9 Å². The summed E-state index contributed by atoms with van der Waals surface area (Å²) in [7, 11) is 0. The summed E-state index contributed by atoms with van der Waals surface area (Å²) in [5.74, 6) is -1.22. The average molecular weight is 296 g/mol. The highest BCUT2D eigenvalue weighted by Gasteiger charge is 2.43. The van der Waals surface area contributed by atoms with Gasteiger partial charge in [0.05, 0.1) is 5.41 Å². The first-order chi connectivity index (χ1) is 9.85. The van der Waals surface area contributed by atoms with Crippen molar-refractivity contribution in [2.24, 2.45) is 17.3 Å². The maximum atomic E-state index is 13.8. The van der Waals surface area contributed by atoms with Crippen LogP contribution in [0.1, 0.15) is 45.1 Å². The van der Waals surface area contributed by atoms with Crippen molar-refractivity contribution in [2.45, 2.75) is 46.0 Å². The first-order valence-corrected chi connectivity index (χ1v) is 7.52. The smallest absolute Gasteiger partial charge is 0.309 e. The number of hydrogen-bond donors (Lipinski definition) is 1. The molecule has 0 saturated heterocycles. The molecule has 0 bridgehead atoms. The zero-order chi connectivity index (χ0) is 15.6. The Morgan fingerprint density at radius 2 is 1.81 bits per heavy atom. The lowest BCUT2D eigenvalue weighted by Crippen LogP contribution is -2.38. The van der Waals surface area contributed by atoms with Gasteiger partial charge in [0, 0.05) is 5.56 Å². The maximum Gasteiger partial charge on any atom is 0.309 e. The number of aliphatic carboxylic acids is 1. The lowest BCUT2D eigenvalue weighted by Gasteiger charge is -2.38. The van der Waals surface area contributed by atoms with E-state index in [2.05, 4.69) is 13.8 Å². The van der Waals surface area contributed by atoms with Crippen molar-refractivity contribution in [2.75, 3.05) is 0 Å². The molecule has 1 N–H and O–H groups in total. The van der Waals surface area contributed by atoms with E-state index in [4.69, 9.17) is 0 Å². The molecule has 1 fully saturated rings. The summed E-state index contributed by atoms with van der Waals surface area (Å²) in [6.07, 6.45) is 2.52. The van der Waals surface area contributed by atoms with Gasteiger partial charge in [0.1, 0.15) is 11.6 Å². The molecule has 1 saturated carbocycles. The Balaban J connectivity index is 2.23. The molecule has 21 heavy (non-hydrogen) atoms. The molecule has 2 rings (SSSR count). The van der Waals surface area contributed by atoms with Gasteiger partial charge < -0.3 is 5.11 Å². The van der Waals surface area contributed by atoms with Gasteiger partial charge in [-0.05, 0) is 56.1 Å². The quantitative estimate of drug-likeness (QED) is 0.892. The molecular weight excluding hydrogens is 274 g/mol. The number of halogens is 2. The van der Waals surface area contributed by atoms with Crippen molar-refractivity contribution in [3.05, 3.63) is 35.4 Å². The summed E-state index contributed by atoms with van der Waals surface area (Å²) in [5.41, 5.74) is -1.13. The van der Waals surface area contributed by atoms with E-state index < -0.39 is 23.0 Å². The molecule has 1 aliphatic rings. The van der Waals surface area contributed by atoms with E-state index in [-0.39, 0.29) is 12.0 Å². The van der Waals surface area contributed by atoms with Crippen LogP contribution in [0.2, 0.25) is 0 Å². The summed E-state index contributed by atoms with van der Waals surface area (Å²) >= 11 is 0. The molecule has 2 nitrogen and oxygen atoms in total. The van der Waals surface area contributed by atoms with Crippen LogP contribution >= 0.6 is 0 Å². The Morgan fingerprint density at radius 1 is 1.29 bits per heavy atom. The lowest BCUT2D eigenvalue weighted by molar-refractivity contribution is -0.152. The zero-order valence-electron chi connectivity index (χ0n) is 12.5. The Kier molecular flexibility index (Phi) is 4.64. The molecule has 0 atom stereocenters. The maximum absolute atomic E-state index is 13.8. The molecule has 1 aliphatic carbocycles. The Bertz CT molecular complexity index is 497. The minimum absolute atomic E-state index is 0.0638. The summed E-state index contributed by atoms with van der Waals surface area (Å²) in [5, 5.41) is 9.61. The van der Waals surface area contributed by atoms with E-state index in [0.717, 1.165) is 12.8 Å². The summed E-state index contributed by atoms with van der Waals surface area (Å²) in [4.78, 5) is 11.7. The van der Waals surface area contributed by atoms with Crippen molar-refractivity contribution < 1.29 is 18.7 Å². The Labute approximate surface area is 124 Å². The third-order valence-corrected chi connectivity index (χ3v) is 4.96. The minimum Gasteiger partial charge on any atom is -0.481 e. The van der Waals surface area contributed by atoms with E-state index in [9.17, 15) is 18.7 Å². The highest BCUT2D eigenvalue weighted by molar-refractivity contribution is 5.75. The van der Waals surface area contributed by atoms with Crippen molar-refractivity contribution >= 4 is 5.97 Å². The van der Waals surface area contributed by atoms with Crippen LogP contribution in [0.5, 0.6) is 0 Å². The first kappa shape index (κ1) is 15.9. The van der Waals surface area contributed by atoms with Crippen molar-refractivity contribution in [3.63, 3.8) is 0 Å². The number of benzene rings is 1. The van der Waals surface area contributed by atoms with Crippen LogP contribution in [-0.2, 0) is 11.2 Å². The third-order valence-electron chi connectivity index (χ3n) is 4.96. The second kappa shape index (κ2) is 6.12. The minimum atomic E-state index is -1.03. The molecular formula is C17H22F2O2. The zero-order valence-corrected chi connectivity index (χ0v) is 12.5. The van der Waals surface area contributed by atoms with Crippen LogP contribution in [-0.4, -0.2) is 11.1 Å². The van der Waals surface area contributed by atoms with E-state index in [0.29, 0.717) is 24.7 Å². The number of carboxylic acid groups (broad SMARTS) is 1.